The molecule has 216 valence electrons. The number of hydrogen-bond donors (Lipinski definition) is 1. The topological polar surface area (TPSA) is 72.8 Å². The van der Waals surface area contributed by atoms with E-state index in [1.165, 1.54) is 69.1 Å². The van der Waals surface area contributed by atoms with Gasteiger partial charge in [0, 0.05) is 6.42 Å². The first kappa shape index (κ1) is 28.7. The molecule has 0 heterocycles. The monoisotopic (exact) mass is 536 g/mol. The molecule has 0 bridgehead atoms. The van der Waals surface area contributed by atoms with Gasteiger partial charge in [-0.15, -0.1) is 0 Å². The van der Waals surface area contributed by atoms with E-state index in [9.17, 15) is 15.2 Å². The minimum atomic E-state index is -0.422. The number of esters is 1. The lowest BCUT2D eigenvalue weighted by atomic mass is 9.47. The normalized spacial score (nSPS) is 36.4. The summed E-state index contributed by atoms with van der Waals surface area (Å²) in [6.45, 7) is 12.4. The predicted molar refractivity (Wildman–Crippen MR) is 156 cm³/mol. The van der Waals surface area contributed by atoms with Crippen molar-refractivity contribution in [2.75, 3.05) is 5.23 Å². The van der Waals surface area contributed by atoms with Crippen molar-refractivity contribution in [3.8, 4) is 0 Å². The molecule has 1 aromatic rings. The maximum absolute atomic E-state index is 12.9. The summed E-state index contributed by atoms with van der Waals surface area (Å²) >= 11 is 0. The van der Waals surface area contributed by atoms with E-state index >= 15 is 0 Å². The first-order chi connectivity index (χ1) is 18.5. The molecule has 3 fully saturated rings. The lowest BCUT2D eigenvalue weighted by Gasteiger charge is -2.58. The zero-order valence-corrected chi connectivity index (χ0v) is 24.8. The fourth-order valence-corrected chi connectivity index (χ4v) is 9.72. The molecule has 0 spiro atoms. The van der Waals surface area contributed by atoms with E-state index in [0.29, 0.717) is 11.0 Å². The van der Waals surface area contributed by atoms with Crippen LogP contribution in [0.1, 0.15) is 116 Å². The highest BCUT2D eigenvalue weighted by Crippen LogP contribution is 2.67. The third kappa shape index (κ3) is 5.43. The largest absolute Gasteiger partial charge is 0.733 e. The van der Waals surface area contributed by atoms with Crippen LogP contribution < -0.4 is 5.23 Å². The summed E-state index contributed by atoms with van der Waals surface area (Å²) in [5, 5.41) is 20.2. The number of nitrogens with zero attached hydrogens (tertiary/aromatic N) is 1. The quantitative estimate of drug-likeness (QED) is 0.204. The van der Waals surface area contributed by atoms with Crippen LogP contribution in [0.4, 0.5) is 5.69 Å². The Hall–Kier alpha value is -1.85. The van der Waals surface area contributed by atoms with Gasteiger partial charge < -0.3 is 15.2 Å². The van der Waals surface area contributed by atoms with Crippen LogP contribution in [0.3, 0.4) is 0 Å². The molecule has 5 rings (SSSR count). The van der Waals surface area contributed by atoms with Gasteiger partial charge in [-0.3, -0.25) is 5.21 Å². The third-order valence-electron chi connectivity index (χ3n) is 11.8. The molecular formula is C34H50NO4-. The van der Waals surface area contributed by atoms with Crippen molar-refractivity contribution in [3.05, 3.63) is 46.7 Å². The Kier molecular flexibility index (Phi) is 8.23. The number of rotatable bonds is 8. The van der Waals surface area contributed by atoms with Crippen LogP contribution in [0.2, 0.25) is 0 Å². The van der Waals surface area contributed by atoms with Gasteiger partial charge in [0.15, 0.2) is 0 Å². The van der Waals surface area contributed by atoms with Gasteiger partial charge >= 0.3 is 5.97 Å². The van der Waals surface area contributed by atoms with Crippen molar-refractivity contribution in [3.63, 3.8) is 0 Å². The van der Waals surface area contributed by atoms with E-state index in [4.69, 9.17) is 4.74 Å². The maximum atomic E-state index is 12.9. The highest BCUT2D eigenvalue weighted by molar-refractivity contribution is 5.90. The highest BCUT2D eigenvalue weighted by Gasteiger charge is 2.59. The zero-order chi connectivity index (χ0) is 27.9. The van der Waals surface area contributed by atoms with Gasteiger partial charge in [-0.1, -0.05) is 71.6 Å². The molecule has 4 aliphatic rings. The highest BCUT2D eigenvalue weighted by atomic mass is 16.8. The van der Waals surface area contributed by atoms with Crippen LogP contribution in [0, 0.1) is 51.5 Å². The van der Waals surface area contributed by atoms with Crippen molar-refractivity contribution >= 4 is 11.7 Å². The number of fused-ring (bicyclic) bond motifs is 5. The van der Waals surface area contributed by atoms with Crippen LogP contribution >= 0.6 is 0 Å². The molecule has 1 N–H and O–H groups in total. The van der Waals surface area contributed by atoms with E-state index in [1.54, 1.807) is 12.1 Å². The molecule has 0 saturated heterocycles. The molecule has 3 saturated carbocycles. The van der Waals surface area contributed by atoms with E-state index < -0.39 is 5.97 Å². The molecule has 0 amide bonds. The lowest BCUT2D eigenvalue weighted by Crippen LogP contribution is -2.51. The second-order valence-corrected chi connectivity index (χ2v) is 14.4. The Bertz CT molecular complexity index is 1070. The Morgan fingerprint density at radius 2 is 1.90 bits per heavy atom. The van der Waals surface area contributed by atoms with Gasteiger partial charge in [-0.25, -0.2) is 4.79 Å². The summed E-state index contributed by atoms with van der Waals surface area (Å²) in [6.07, 6.45) is 16.0. The minimum Gasteiger partial charge on any atom is -0.733 e. The molecule has 4 aliphatic carbocycles. The summed E-state index contributed by atoms with van der Waals surface area (Å²) in [4.78, 5) is 12.9. The van der Waals surface area contributed by atoms with E-state index in [2.05, 4.69) is 40.7 Å². The minimum absolute atomic E-state index is 0.0325. The summed E-state index contributed by atoms with van der Waals surface area (Å²) in [6, 6.07) is 6.07. The summed E-state index contributed by atoms with van der Waals surface area (Å²) in [5.41, 5.74) is 2.55. The molecule has 5 heteroatoms. The van der Waals surface area contributed by atoms with Crippen molar-refractivity contribution < 1.29 is 14.7 Å². The van der Waals surface area contributed by atoms with Crippen molar-refractivity contribution in [2.45, 2.75) is 111 Å². The predicted octanol–water partition coefficient (Wildman–Crippen LogP) is 8.95. The smallest absolute Gasteiger partial charge is 0.338 e. The lowest BCUT2D eigenvalue weighted by molar-refractivity contribution is -0.0594. The first-order valence-electron chi connectivity index (χ1n) is 15.7. The fourth-order valence-electron chi connectivity index (χ4n) is 9.72. The Morgan fingerprint density at radius 3 is 2.64 bits per heavy atom. The second-order valence-electron chi connectivity index (χ2n) is 14.4. The number of allylic oxidation sites excluding steroid dienone is 1. The molecule has 8 atom stereocenters. The van der Waals surface area contributed by atoms with Crippen LogP contribution in [0.25, 0.3) is 0 Å². The van der Waals surface area contributed by atoms with E-state index in [1.807, 2.05) is 0 Å². The molecule has 1 aromatic carbocycles. The average Bonchev–Trinajstić information content (AvgIpc) is 3.26. The van der Waals surface area contributed by atoms with Gasteiger partial charge in [-0.2, -0.15) is 0 Å². The zero-order valence-electron chi connectivity index (χ0n) is 24.8. The van der Waals surface area contributed by atoms with Crippen molar-refractivity contribution in [2.24, 2.45) is 46.3 Å². The van der Waals surface area contributed by atoms with Crippen LogP contribution in [0.15, 0.2) is 35.9 Å². The van der Waals surface area contributed by atoms with E-state index in [-0.39, 0.29) is 22.4 Å². The molecule has 39 heavy (non-hydrogen) atoms. The van der Waals surface area contributed by atoms with Gasteiger partial charge in [-0.05, 0) is 109 Å². The van der Waals surface area contributed by atoms with Crippen molar-refractivity contribution in [1.82, 2.24) is 0 Å². The van der Waals surface area contributed by atoms with Gasteiger partial charge in [0.05, 0.1) is 11.3 Å². The first-order valence-corrected chi connectivity index (χ1v) is 15.7. The molecular weight excluding hydrogens is 486 g/mol. The van der Waals surface area contributed by atoms with Crippen molar-refractivity contribution in [1.29, 1.82) is 0 Å². The molecule has 0 radical (unpaired) electrons. The SMILES string of the molecule is CC(C)CCC[C@H](C)[C@H]1CC[C@H]2[C@@H]3CC=C4C[C@H](OC(=O)c5cccc(N([O-])O)c5)CC[C@]4(C)[C@H]3CC[C@]12C. The third-order valence-corrected chi connectivity index (χ3v) is 11.8. The number of benzene rings is 1. The van der Waals surface area contributed by atoms with Gasteiger partial charge in [0.25, 0.3) is 0 Å². The average molecular weight is 537 g/mol. The molecule has 0 unspecified atom stereocenters. The number of carbonyl (C=O) groups excluding carboxylic acids is 1. The molecule has 0 aromatic heterocycles. The fraction of sp³-hybridized carbons (Fsp3) is 0.735. The van der Waals surface area contributed by atoms with Crippen LogP contribution in [-0.2, 0) is 4.74 Å². The number of ether oxygens (including phenoxy) is 1. The summed E-state index contributed by atoms with van der Waals surface area (Å²) in [5.74, 6) is 4.48. The van der Waals surface area contributed by atoms with E-state index in [0.717, 1.165) is 54.8 Å². The Labute approximate surface area is 235 Å². The summed E-state index contributed by atoms with van der Waals surface area (Å²) < 4.78 is 5.93. The number of anilines is 1. The molecule has 5 nitrogen and oxygen atoms in total. The number of carbonyl (C=O) groups is 1. The van der Waals surface area contributed by atoms with Gasteiger partial charge in [0.2, 0.25) is 0 Å². The number of hydrogen-bond acceptors (Lipinski definition) is 5. The summed E-state index contributed by atoms with van der Waals surface area (Å²) in [7, 11) is 0. The van der Waals surface area contributed by atoms with Gasteiger partial charge in [0.1, 0.15) is 6.10 Å². The van der Waals surface area contributed by atoms with Crippen LogP contribution in [-0.4, -0.2) is 17.3 Å². The molecule has 0 aliphatic heterocycles. The standard InChI is InChI=1S/C34H50NO4/c1-22(2)8-6-9-23(3)29-14-15-30-28-13-12-25-21-27(16-18-33(25,4)31(28)17-19-34(29,30)5)39-32(36)24-10-7-11-26(20-24)35(37)38/h7,10-12,20,22-23,27-31,37H,6,8-9,13-19,21H2,1-5H3/q-1/t23-,27+,28-,29+,30-,31-,33-,34+/m0/s1. The van der Waals surface area contributed by atoms with Crippen LogP contribution in [0.5, 0.6) is 0 Å². The second kappa shape index (κ2) is 11.2. The maximum Gasteiger partial charge on any atom is 0.338 e. The Balaban J connectivity index is 1.24. The Morgan fingerprint density at radius 1 is 1.10 bits per heavy atom.